The second-order valence-electron chi connectivity index (χ2n) is 6.09. The molecule has 1 aromatic carbocycles. The Balaban J connectivity index is 1.85. The van der Waals surface area contributed by atoms with Gasteiger partial charge in [0.05, 0.1) is 17.6 Å². The van der Waals surface area contributed by atoms with Crippen LogP contribution in [0.2, 0.25) is 0 Å². The molecule has 0 bridgehead atoms. The summed E-state index contributed by atoms with van der Waals surface area (Å²) in [6.07, 6.45) is 4.57. The van der Waals surface area contributed by atoms with Gasteiger partial charge in [-0.2, -0.15) is 9.57 Å². The number of nitrogens with zero attached hydrogens (tertiary/aromatic N) is 2. The molecule has 136 valence electrons. The zero-order chi connectivity index (χ0) is 18.1. The van der Waals surface area contributed by atoms with Crippen LogP contribution in [0.4, 0.5) is 0 Å². The monoisotopic (exact) mass is 364 g/mol. The predicted molar refractivity (Wildman–Crippen MR) is 93.2 cm³/mol. The lowest BCUT2D eigenvalue weighted by atomic mass is 10.1. The van der Waals surface area contributed by atoms with Crippen molar-refractivity contribution in [1.82, 2.24) is 4.31 Å². The number of nitriles is 1. The number of hydrogen-bond acceptors (Lipinski definition) is 5. The van der Waals surface area contributed by atoms with Crippen LogP contribution >= 0.6 is 0 Å². The molecular weight excluding hydrogens is 340 g/mol. The summed E-state index contributed by atoms with van der Waals surface area (Å²) in [4.78, 5) is 11.9. The minimum absolute atomic E-state index is 0.241. The van der Waals surface area contributed by atoms with E-state index in [1.807, 2.05) is 6.07 Å². The van der Waals surface area contributed by atoms with E-state index in [-0.39, 0.29) is 19.0 Å². The molecule has 0 aromatic heterocycles. The number of carbonyl (C=O) groups is 1. The molecule has 25 heavy (non-hydrogen) atoms. The SMILES string of the molecule is N#CCCCOC(=O)CCc1ccc(S(=O)(=O)N2CCCCC2)cc1. The van der Waals surface area contributed by atoms with Crippen molar-refractivity contribution in [2.75, 3.05) is 19.7 Å². The highest BCUT2D eigenvalue weighted by Crippen LogP contribution is 2.21. The Morgan fingerprint density at radius 1 is 1.16 bits per heavy atom. The smallest absolute Gasteiger partial charge is 0.306 e. The van der Waals surface area contributed by atoms with Crippen molar-refractivity contribution in [1.29, 1.82) is 5.26 Å². The van der Waals surface area contributed by atoms with Crippen LogP contribution in [-0.4, -0.2) is 38.4 Å². The Morgan fingerprint density at radius 2 is 1.84 bits per heavy atom. The maximum Gasteiger partial charge on any atom is 0.306 e. The van der Waals surface area contributed by atoms with Gasteiger partial charge in [-0.1, -0.05) is 18.6 Å². The van der Waals surface area contributed by atoms with E-state index in [0.29, 0.717) is 37.2 Å². The summed E-state index contributed by atoms with van der Waals surface area (Å²) >= 11 is 0. The summed E-state index contributed by atoms with van der Waals surface area (Å²) in [6, 6.07) is 8.71. The van der Waals surface area contributed by atoms with E-state index in [4.69, 9.17) is 10.00 Å². The summed E-state index contributed by atoms with van der Waals surface area (Å²) in [7, 11) is -3.41. The van der Waals surface area contributed by atoms with Crippen molar-refractivity contribution in [3.63, 3.8) is 0 Å². The Labute approximate surface area is 149 Å². The van der Waals surface area contributed by atoms with Gasteiger partial charge in [0.1, 0.15) is 0 Å². The second kappa shape index (κ2) is 9.54. The molecule has 1 aliphatic rings. The molecule has 1 heterocycles. The summed E-state index contributed by atoms with van der Waals surface area (Å²) in [6.45, 7) is 1.43. The van der Waals surface area contributed by atoms with Crippen molar-refractivity contribution >= 4 is 16.0 Å². The molecule has 0 spiro atoms. The third-order valence-corrected chi connectivity index (χ3v) is 6.10. The molecule has 0 radical (unpaired) electrons. The highest BCUT2D eigenvalue weighted by Gasteiger charge is 2.25. The Morgan fingerprint density at radius 3 is 2.48 bits per heavy atom. The number of piperidine rings is 1. The van der Waals surface area contributed by atoms with Gasteiger partial charge in [0.2, 0.25) is 10.0 Å². The summed E-state index contributed by atoms with van der Waals surface area (Å²) in [5.41, 5.74) is 0.895. The van der Waals surface area contributed by atoms with Crippen molar-refractivity contribution in [2.24, 2.45) is 0 Å². The van der Waals surface area contributed by atoms with E-state index in [1.165, 1.54) is 0 Å². The van der Waals surface area contributed by atoms with Gasteiger partial charge in [0.15, 0.2) is 0 Å². The number of ether oxygens (including phenoxy) is 1. The van der Waals surface area contributed by atoms with E-state index in [0.717, 1.165) is 24.8 Å². The van der Waals surface area contributed by atoms with Crippen molar-refractivity contribution in [2.45, 2.75) is 49.8 Å². The molecule has 0 atom stereocenters. The van der Waals surface area contributed by atoms with Crippen molar-refractivity contribution in [3.05, 3.63) is 29.8 Å². The Hall–Kier alpha value is -1.91. The fourth-order valence-electron chi connectivity index (χ4n) is 2.74. The minimum atomic E-state index is -3.41. The maximum atomic E-state index is 12.6. The predicted octanol–water partition coefficient (Wildman–Crippen LogP) is 2.64. The molecular formula is C18H24N2O4S. The van der Waals surface area contributed by atoms with E-state index >= 15 is 0 Å². The van der Waals surface area contributed by atoms with Gasteiger partial charge in [0.25, 0.3) is 0 Å². The maximum absolute atomic E-state index is 12.6. The molecule has 7 heteroatoms. The van der Waals surface area contributed by atoms with Gasteiger partial charge < -0.3 is 4.74 Å². The molecule has 0 aliphatic carbocycles. The Bertz CT molecular complexity index is 702. The minimum Gasteiger partial charge on any atom is -0.466 e. The zero-order valence-electron chi connectivity index (χ0n) is 14.3. The molecule has 6 nitrogen and oxygen atoms in total. The molecule has 1 aliphatic heterocycles. The van der Waals surface area contributed by atoms with Crippen LogP contribution in [0, 0.1) is 11.3 Å². The van der Waals surface area contributed by atoms with Crippen LogP contribution in [0.1, 0.15) is 44.1 Å². The van der Waals surface area contributed by atoms with E-state index < -0.39 is 10.0 Å². The zero-order valence-corrected chi connectivity index (χ0v) is 15.1. The van der Waals surface area contributed by atoms with E-state index in [9.17, 15) is 13.2 Å². The first kappa shape index (κ1) is 19.4. The number of sulfonamides is 1. The largest absolute Gasteiger partial charge is 0.466 e. The number of aryl methyl sites for hydroxylation is 1. The van der Waals surface area contributed by atoms with Gasteiger partial charge in [-0.25, -0.2) is 8.42 Å². The van der Waals surface area contributed by atoms with Gasteiger partial charge >= 0.3 is 5.97 Å². The first-order chi connectivity index (χ1) is 12.0. The molecule has 1 fully saturated rings. The fraction of sp³-hybridized carbons (Fsp3) is 0.556. The summed E-state index contributed by atoms with van der Waals surface area (Å²) < 4.78 is 31.7. The number of esters is 1. The summed E-state index contributed by atoms with van der Waals surface area (Å²) in [5.74, 6) is -0.303. The number of unbranched alkanes of at least 4 members (excludes halogenated alkanes) is 1. The van der Waals surface area contributed by atoms with Crippen molar-refractivity contribution in [3.8, 4) is 6.07 Å². The van der Waals surface area contributed by atoms with Gasteiger partial charge in [-0.05, 0) is 43.4 Å². The van der Waals surface area contributed by atoms with E-state index in [1.54, 1.807) is 28.6 Å². The number of carbonyl (C=O) groups excluding carboxylic acids is 1. The van der Waals surface area contributed by atoms with Crippen molar-refractivity contribution < 1.29 is 17.9 Å². The fourth-order valence-corrected chi connectivity index (χ4v) is 4.26. The molecule has 1 saturated heterocycles. The highest BCUT2D eigenvalue weighted by atomic mass is 32.2. The normalized spacial score (nSPS) is 15.5. The molecule has 2 rings (SSSR count). The second-order valence-corrected chi connectivity index (χ2v) is 8.03. The number of hydrogen-bond donors (Lipinski definition) is 0. The summed E-state index contributed by atoms with van der Waals surface area (Å²) in [5, 5.41) is 8.41. The Kier molecular flexibility index (Phi) is 7.41. The average molecular weight is 364 g/mol. The third-order valence-electron chi connectivity index (χ3n) is 4.19. The lowest BCUT2D eigenvalue weighted by Crippen LogP contribution is -2.35. The molecule has 1 aromatic rings. The molecule has 0 saturated carbocycles. The molecule has 0 amide bonds. The lowest BCUT2D eigenvalue weighted by Gasteiger charge is -2.25. The molecule has 0 N–H and O–H groups in total. The lowest BCUT2D eigenvalue weighted by molar-refractivity contribution is -0.143. The van der Waals surface area contributed by atoms with Crippen LogP contribution in [-0.2, 0) is 26.0 Å². The third kappa shape index (κ3) is 5.83. The molecule has 0 unspecified atom stereocenters. The highest BCUT2D eigenvalue weighted by molar-refractivity contribution is 7.89. The van der Waals surface area contributed by atoms with Crippen LogP contribution in [0.3, 0.4) is 0 Å². The first-order valence-corrected chi connectivity index (χ1v) is 10.1. The van der Waals surface area contributed by atoms with Crippen LogP contribution in [0.5, 0.6) is 0 Å². The number of benzene rings is 1. The van der Waals surface area contributed by atoms with Crippen LogP contribution in [0.25, 0.3) is 0 Å². The first-order valence-electron chi connectivity index (χ1n) is 8.66. The van der Waals surface area contributed by atoms with Gasteiger partial charge in [-0.3, -0.25) is 4.79 Å². The topological polar surface area (TPSA) is 87.5 Å². The van der Waals surface area contributed by atoms with E-state index in [2.05, 4.69) is 0 Å². The van der Waals surface area contributed by atoms with Gasteiger partial charge in [0, 0.05) is 25.9 Å². The van der Waals surface area contributed by atoms with Gasteiger partial charge in [-0.15, -0.1) is 0 Å². The quantitative estimate of drug-likeness (QED) is 0.523. The average Bonchev–Trinajstić information content (AvgIpc) is 2.64. The van der Waals surface area contributed by atoms with Crippen LogP contribution in [0.15, 0.2) is 29.2 Å². The van der Waals surface area contributed by atoms with Crippen LogP contribution < -0.4 is 0 Å². The number of rotatable bonds is 8. The standard InChI is InChI=1S/C18H24N2O4S/c19-12-2-5-15-24-18(21)11-8-16-6-9-17(10-7-16)25(22,23)20-13-3-1-4-14-20/h6-7,9-10H,1-5,8,11,13-15H2.